The van der Waals surface area contributed by atoms with Crippen LogP contribution in [-0.4, -0.2) is 16.1 Å². The summed E-state index contributed by atoms with van der Waals surface area (Å²) >= 11 is 3.25. The highest BCUT2D eigenvalue weighted by Gasteiger charge is 2.37. The summed E-state index contributed by atoms with van der Waals surface area (Å²) < 4.78 is 0.696. The monoisotopic (exact) mass is 255 g/mol. The summed E-state index contributed by atoms with van der Waals surface area (Å²) in [5.74, 6) is -0.762. The molecule has 0 aliphatic heterocycles. The van der Waals surface area contributed by atoms with E-state index < -0.39 is 5.97 Å². The van der Waals surface area contributed by atoms with Crippen LogP contribution in [0.2, 0.25) is 0 Å². The molecule has 0 amide bonds. The minimum Gasteiger partial charge on any atom is -0.481 e. The van der Waals surface area contributed by atoms with E-state index in [9.17, 15) is 4.79 Å². The van der Waals surface area contributed by atoms with Gasteiger partial charge in [-0.3, -0.25) is 4.79 Å². The summed E-state index contributed by atoms with van der Waals surface area (Å²) in [5, 5.41) is 9.09. The van der Waals surface area contributed by atoms with Gasteiger partial charge in [0, 0.05) is 6.20 Å². The fourth-order valence-corrected chi connectivity index (χ4v) is 2.04. The van der Waals surface area contributed by atoms with Gasteiger partial charge in [0.2, 0.25) is 0 Å². The summed E-state index contributed by atoms with van der Waals surface area (Å²) in [5.41, 5.74) is 0.849. The third kappa shape index (κ3) is 1.95. The summed E-state index contributed by atoms with van der Waals surface area (Å²) in [6.07, 6.45) is 3.69. The number of carbonyl (C=O) groups is 1. The van der Waals surface area contributed by atoms with Crippen LogP contribution in [0.25, 0.3) is 0 Å². The molecule has 14 heavy (non-hydrogen) atoms. The van der Waals surface area contributed by atoms with E-state index in [1.807, 2.05) is 0 Å². The first-order chi connectivity index (χ1) is 6.68. The predicted octanol–water partition coefficient (Wildman–Crippen LogP) is 2.42. The van der Waals surface area contributed by atoms with Crippen LogP contribution in [0.4, 0.5) is 0 Å². The van der Waals surface area contributed by atoms with Gasteiger partial charge in [0.15, 0.2) is 0 Å². The van der Waals surface area contributed by atoms with E-state index in [1.165, 1.54) is 0 Å². The number of nitrogens with zero attached hydrogens (tertiary/aromatic N) is 1. The first kappa shape index (κ1) is 9.65. The van der Waals surface area contributed by atoms with Crippen LogP contribution < -0.4 is 0 Å². The lowest BCUT2D eigenvalue weighted by Crippen LogP contribution is -2.13. The minimum atomic E-state index is -0.731. The van der Waals surface area contributed by atoms with E-state index in [2.05, 4.69) is 20.9 Å². The standard InChI is InChI=1S/C10H10BrNO2/c11-8-5-7(3-4-12-8)9(10(13)14)6-1-2-6/h3-6,9H,1-2H2,(H,13,14). The van der Waals surface area contributed by atoms with Crippen molar-refractivity contribution in [3.8, 4) is 0 Å². The number of hydrogen-bond acceptors (Lipinski definition) is 2. The molecule has 0 spiro atoms. The number of rotatable bonds is 3. The molecule has 0 bridgehead atoms. The van der Waals surface area contributed by atoms with Gasteiger partial charge in [0.1, 0.15) is 4.60 Å². The summed E-state index contributed by atoms with van der Waals surface area (Å²) in [7, 11) is 0. The molecule has 1 N–H and O–H groups in total. The number of carboxylic acid groups (broad SMARTS) is 1. The third-order valence-electron chi connectivity index (χ3n) is 2.47. The molecule has 1 aromatic rings. The van der Waals surface area contributed by atoms with Crippen molar-refractivity contribution >= 4 is 21.9 Å². The van der Waals surface area contributed by atoms with Gasteiger partial charge in [0.25, 0.3) is 0 Å². The maximum atomic E-state index is 11.1. The molecule has 1 heterocycles. The SMILES string of the molecule is O=C(O)C(c1ccnc(Br)c1)C1CC1. The molecule has 0 aromatic carbocycles. The Labute approximate surface area is 90.3 Å². The molecule has 1 aromatic heterocycles. The van der Waals surface area contributed by atoms with Gasteiger partial charge in [-0.15, -0.1) is 0 Å². The molecule has 1 aliphatic carbocycles. The van der Waals surface area contributed by atoms with Crippen LogP contribution in [-0.2, 0) is 4.79 Å². The van der Waals surface area contributed by atoms with Crippen LogP contribution in [0.15, 0.2) is 22.9 Å². The van der Waals surface area contributed by atoms with Crippen molar-refractivity contribution < 1.29 is 9.90 Å². The predicted molar refractivity (Wildman–Crippen MR) is 55.0 cm³/mol. The molecular formula is C10H10BrNO2. The molecule has 4 heteroatoms. The van der Waals surface area contributed by atoms with Gasteiger partial charge in [-0.2, -0.15) is 0 Å². The second-order valence-electron chi connectivity index (χ2n) is 3.57. The Morgan fingerprint density at radius 3 is 2.86 bits per heavy atom. The van der Waals surface area contributed by atoms with Crippen LogP contribution in [0, 0.1) is 5.92 Å². The van der Waals surface area contributed by atoms with E-state index in [4.69, 9.17) is 5.11 Å². The molecule has 0 radical (unpaired) electrons. The van der Waals surface area contributed by atoms with Crippen molar-refractivity contribution in [2.24, 2.45) is 5.92 Å². The zero-order valence-electron chi connectivity index (χ0n) is 7.48. The highest BCUT2D eigenvalue weighted by Crippen LogP contribution is 2.42. The van der Waals surface area contributed by atoms with Crippen molar-refractivity contribution in [3.05, 3.63) is 28.5 Å². The zero-order chi connectivity index (χ0) is 10.1. The van der Waals surface area contributed by atoms with Crippen molar-refractivity contribution in [2.45, 2.75) is 18.8 Å². The third-order valence-corrected chi connectivity index (χ3v) is 2.90. The van der Waals surface area contributed by atoms with E-state index in [0.29, 0.717) is 10.5 Å². The average molecular weight is 256 g/mol. The van der Waals surface area contributed by atoms with E-state index >= 15 is 0 Å². The fraction of sp³-hybridized carbons (Fsp3) is 0.400. The molecule has 1 fully saturated rings. The minimum absolute atomic E-state index is 0.321. The molecule has 1 atom stereocenters. The fourth-order valence-electron chi connectivity index (χ4n) is 1.66. The van der Waals surface area contributed by atoms with Crippen molar-refractivity contribution in [1.82, 2.24) is 4.98 Å². The van der Waals surface area contributed by atoms with Crippen LogP contribution >= 0.6 is 15.9 Å². The van der Waals surface area contributed by atoms with Crippen LogP contribution in [0.1, 0.15) is 24.3 Å². The molecule has 1 saturated carbocycles. The number of aromatic nitrogens is 1. The quantitative estimate of drug-likeness (QED) is 0.845. The summed E-state index contributed by atoms with van der Waals surface area (Å²) in [4.78, 5) is 15.0. The Morgan fingerprint density at radius 1 is 1.64 bits per heavy atom. The van der Waals surface area contributed by atoms with Gasteiger partial charge < -0.3 is 5.11 Å². The van der Waals surface area contributed by atoms with Gasteiger partial charge in [-0.25, -0.2) is 4.98 Å². The lowest BCUT2D eigenvalue weighted by Gasteiger charge is -2.10. The molecule has 1 unspecified atom stereocenters. The molecular weight excluding hydrogens is 246 g/mol. The molecule has 74 valence electrons. The number of halogens is 1. The van der Waals surface area contributed by atoms with Gasteiger partial charge in [0.05, 0.1) is 5.92 Å². The van der Waals surface area contributed by atoms with Gasteiger partial charge in [-0.1, -0.05) is 0 Å². The average Bonchev–Trinajstić information content (AvgIpc) is 2.88. The largest absolute Gasteiger partial charge is 0.481 e. The Hall–Kier alpha value is -0.900. The Bertz CT molecular complexity index is 363. The first-order valence-electron chi connectivity index (χ1n) is 4.53. The maximum absolute atomic E-state index is 11.1. The number of carboxylic acids is 1. The van der Waals surface area contributed by atoms with E-state index in [-0.39, 0.29) is 5.92 Å². The summed E-state index contributed by atoms with van der Waals surface area (Å²) in [6, 6.07) is 3.57. The van der Waals surface area contributed by atoms with Gasteiger partial charge >= 0.3 is 5.97 Å². The smallest absolute Gasteiger partial charge is 0.311 e. The molecule has 1 aliphatic rings. The van der Waals surface area contributed by atoms with E-state index in [1.54, 1.807) is 18.3 Å². The second kappa shape index (κ2) is 3.69. The van der Waals surface area contributed by atoms with Crippen LogP contribution in [0.5, 0.6) is 0 Å². The Morgan fingerprint density at radius 2 is 2.36 bits per heavy atom. The van der Waals surface area contributed by atoms with Crippen molar-refractivity contribution in [3.63, 3.8) is 0 Å². The van der Waals surface area contributed by atoms with Crippen LogP contribution in [0.3, 0.4) is 0 Å². The Kier molecular flexibility index (Phi) is 2.54. The lowest BCUT2D eigenvalue weighted by molar-refractivity contribution is -0.139. The second-order valence-corrected chi connectivity index (χ2v) is 4.38. The highest BCUT2D eigenvalue weighted by atomic mass is 79.9. The number of pyridine rings is 1. The maximum Gasteiger partial charge on any atom is 0.311 e. The highest BCUT2D eigenvalue weighted by molar-refractivity contribution is 9.10. The van der Waals surface area contributed by atoms with E-state index in [0.717, 1.165) is 18.4 Å². The number of aliphatic carboxylic acids is 1. The Balaban J connectivity index is 2.30. The molecule has 0 saturated heterocycles. The van der Waals surface area contributed by atoms with Crippen molar-refractivity contribution in [1.29, 1.82) is 0 Å². The van der Waals surface area contributed by atoms with Crippen molar-refractivity contribution in [2.75, 3.05) is 0 Å². The molecule has 2 rings (SSSR count). The lowest BCUT2D eigenvalue weighted by atomic mass is 9.95. The number of hydrogen-bond donors (Lipinski definition) is 1. The summed E-state index contributed by atoms with van der Waals surface area (Å²) in [6.45, 7) is 0. The van der Waals surface area contributed by atoms with Gasteiger partial charge in [-0.05, 0) is 52.4 Å². The zero-order valence-corrected chi connectivity index (χ0v) is 9.07. The molecule has 3 nitrogen and oxygen atoms in total. The normalized spacial score (nSPS) is 17.8. The topological polar surface area (TPSA) is 50.2 Å². The first-order valence-corrected chi connectivity index (χ1v) is 5.32.